The summed E-state index contributed by atoms with van der Waals surface area (Å²) < 4.78 is 10.6. The van der Waals surface area contributed by atoms with E-state index in [1.165, 1.54) is 25.2 Å². The monoisotopic (exact) mass is 479 g/mol. The summed E-state index contributed by atoms with van der Waals surface area (Å²) in [6, 6.07) is 4.78. The Labute approximate surface area is 203 Å². The largest absolute Gasteiger partial charge is 0.454 e. The van der Waals surface area contributed by atoms with Crippen LogP contribution in [0.1, 0.15) is 65.8 Å². The highest BCUT2D eigenvalue weighted by atomic mass is 16.7. The Balaban J connectivity index is 1.16. The SMILES string of the molecule is O=C(Nc1nccnc1C(=O)NC1CCN(C(=O)CC2CCCC2)CC1)c1ccc2c(c1)OCO2. The van der Waals surface area contributed by atoms with Gasteiger partial charge in [-0.15, -0.1) is 0 Å². The topological polar surface area (TPSA) is 123 Å². The summed E-state index contributed by atoms with van der Waals surface area (Å²) in [4.78, 5) is 48.5. The second kappa shape index (κ2) is 10.3. The van der Waals surface area contributed by atoms with Crippen LogP contribution in [0.5, 0.6) is 11.5 Å². The molecule has 0 bridgehead atoms. The molecule has 2 aromatic rings. The first-order chi connectivity index (χ1) is 17.1. The van der Waals surface area contributed by atoms with Crippen LogP contribution in [-0.4, -0.2) is 58.5 Å². The molecular formula is C25H29N5O5. The van der Waals surface area contributed by atoms with Crippen LogP contribution in [0.4, 0.5) is 5.82 Å². The molecule has 0 radical (unpaired) electrons. The van der Waals surface area contributed by atoms with Crippen molar-refractivity contribution in [1.82, 2.24) is 20.2 Å². The van der Waals surface area contributed by atoms with E-state index in [4.69, 9.17) is 9.47 Å². The summed E-state index contributed by atoms with van der Waals surface area (Å²) in [5.41, 5.74) is 0.391. The van der Waals surface area contributed by atoms with Gasteiger partial charge in [0.2, 0.25) is 12.7 Å². The minimum Gasteiger partial charge on any atom is -0.454 e. The number of amides is 3. The molecule has 1 aromatic carbocycles. The van der Waals surface area contributed by atoms with Gasteiger partial charge in [0.05, 0.1) is 0 Å². The third-order valence-corrected chi connectivity index (χ3v) is 6.90. The Morgan fingerprint density at radius 2 is 1.69 bits per heavy atom. The molecule has 0 unspecified atom stereocenters. The van der Waals surface area contributed by atoms with Crippen molar-refractivity contribution in [2.75, 3.05) is 25.2 Å². The van der Waals surface area contributed by atoms with Crippen molar-refractivity contribution in [2.45, 2.75) is 51.0 Å². The zero-order valence-corrected chi connectivity index (χ0v) is 19.5. The van der Waals surface area contributed by atoms with Gasteiger partial charge in [-0.3, -0.25) is 14.4 Å². The predicted octanol–water partition coefficient (Wildman–Crippen LogP) is 2.76. The van der Waals surface area contributed by atoms with Crippen LogP contribution in [0.2, 0.25) is 0 Å². The van der Waals surface area contributed by atoms with Crippen LogP contribution in [0.3, 0.4) is 0 Å². The van der Waals surface area contributed by atoms with E-state index in [1.54, 1.807) is 18.2 Å². The first kappa shape index (κ1) is 23.1. The number of rotatable bonds is 6. The molecule has 1 saturated carbocycles. The molecule has 1 aromatic heterocycles. The molecule has 2 N–H and O–H groups in total. The highest BCUT2D eigenvalue weighted by molar-refractivity contribution is 6.07. The summed E-state index contributed by atoms with van der Waals surface area (Å²) in [6.45, 7) is 1.37. The molecule has 10 heteroatoms. The van der Waals surface area contributed by atoms with Gasteiger partial charge in [-0.25, -0.2) is 9.97 Å². The number of carbonyl (C=O) groups excluding carboxylic acids is 3. The van der Waals surface area contributed by atoms with Crippen LogP contribution in [0.25, 0.3) is 0 Å². The number of ether oxygens (including phenoxy) is 2. The molecule has 0 atom stereocenters. The summed E-state index contributed by atoms with van der Waals surface area (Å²) in [6.07, 6.45) is 9.61. The van der Waals surface area contributed by atoms with Crippen LogP contribution < -0.4 is 20.1 Å². The van der Waals surface area contributed by atoms with Gasteiger partial charge in [0.25, 0.3) is 11.8 Å². The second-order valence-corrected chi connectivity index (χ2v) is 9.26. The average molecular weight is 480 g/mol. The maximum atomic E-state index is 13.0. The molecule has 1 saturated heterocycles. The minimum atomic E-state index is -0.438. The van der Waals surface area contributed by atoms with Gasteiger partial charge in [-0.2, -0.15) is 0 Å². The molecule has 0 spiro atoms. The summed E-state index contributed by atoms with van der Waals surface area (Å²) >= 11 is 0. The molecule has 3 amide bonds. The molecule has 5 rings (SSSR count). The van der Waals surface area contributed by atoms with E-state index in [9.17, 15) is 14.4 Å². The van der Waals surface area contributed by atoms with E-state index in [1.807, 2.05) is 4.90 Å². The number of nitrogens with one attached hydrogen (secondary N) is 2. The Hall–Kier alpha value is -3.69. The lowest BCUT2D eigenvalue weighted by molar-refractivity contribution is -0.133. The van der Waals surface area contributed by atoms with Gasteiger partial charge in [0.15, 0.2) is 23.0 Å². The van der Waals surface area contributed by atoms with Crippen LogP contribution >= 0.6 is 0 Å². The first-order valence-electron chi connectivity index (χ1n) is 12.2. The Kier molecular flexibility index (Phi) is 6.78. The summed E-state index contributed by atoms with van der Waals surface area (Å²) in [7, 11) is 0. The number of aromatic nitrogens is 2. The number of hydrogen-bond donors (Lipinski definition) is 2. The van der Waals surface area contributed by atoms with Crippen molar-refractivity contribution >= 4 is 23.5 Å². The Bertz CT molecular complexity index is 1110. The number of nitrogens with zero attached hydrogens (tertiary/aromatic N) is 3. The maximum Gasteiger partial charge on any atom is 0.273 e. The normalized spacial score (nSPS) is 17.9. The van der Waals surface area contributed by atoms with E-state index in [0.717, 1.165) is 12.8 Å². The second-order valence-electron chi connectivity index (χ2n) is 9.26. The third kappa shape index (κ3) is 5.36. The van der Waals surface area contributed by atoms with Gasteiger partial charge in [-0.1, -0.05) is 12.8 Å². The van der Waals surface area contributed by atoms with Crippen LogP contribution in [0.15, 0.2) is 30.6 Å². The fourth-order valence-electron chi connectivity index (χ4n) is 4.93. The van der Waals surface area contributed by atoms with Crippen molar-refractivity contribution in [3.63, 3.8) is 0 Å². The van der Waals surface area contributed by atoms with E-state index < -0.39 is 11.8 Å². The highest BCUT2D eigenvalue weighted by Gasteiger charge is 2.28. The average Bonchev–Trinajstić information content (AvgIpc) is 3.56. The molecule has 184 valence electrons. The lowest BCUT2D eigenvalue weighted by Crippen LogP contribution is -2.47. The highest BCUT2D eigenvalue weighted by Crippen LogP contribution is 2.32. The molecule has 3 heterocycles. The van der Waals surface area contributed by atoms with Crippen molar-refractivity contribution in [2.24, 2.45) is 5.92 Å². The summed E-state index contributed by atoms with van der Waals surface area (Å²) in [5, 5.41) is 5.66. The summed E-state index contributed by atoms with van der Waals surface area (Å²) in [5.74, 6) is 1.06. The van der Waals surface area contributed by atoms with Crippen molar-refractivity contribution in [3.05, 3.63) is 41.9 Å². The van der Waals surface area contributed by atoms with E-state index in [-0.39, 0.29) is 30.3 Å². The lowest BCUT2D eigenvalue weighted by atomic mass is 10.0. The number of piperidine rings is 1. The molecule has 1 aliphatic carbocycles. The van der Waals surface area contributed by atoms with E-state index >= 15 is 0 Å². The fraction of sp³-hybridized carbons (Fsp3) is 0.480. The van der Waals surface area contributed by atoms with Crippen molar-refractivity contribution < 1.29 is 23.9 Å². The number of likely N-dealkylation sites (tertiary alicyclic amines) is 1. The first-order valence-corrected chi connectivity index (χ1v) is 12.2. The lowest BCUT2D eigenvalue weighted by Gasteiger charge is -2.33. The number of hydrogen-bond acceptors (Lipinski definition) is 7. The molecule has 3 aliphatic rings. The molecule has 2 aliphatic heterocycles. The number of benzene rings is 1. The Morgan fingerprint density at radius 3 is 2.49 bits per heavy atom. The Morgan fingerprint density at radius 1 is 0.943 bits per heavy atom. The minimum absolute atomic E-state index is 0.0429. The van der Waals surface area contributed by atoms with Crippen molar-refractivity contribution in [3.8, 4) is 11.5 Å². The van der Waals surface area contributed by atoms with Gasteiger partial charge >= 0.3 is 0 Å². The van der Waals surface area contributed by atoms with Gasteiger partial charge in [0.1, 0.15) is 0 Å². The number of carbonyl (C=O) groups is 3. The van der Waals surface area contributed by atoms with E-state index in [0.29, 0.717) is 55.3 Å². The standard InChI is InChI=1S/C25H29N5O5/c31-21(13-16-3-1-2-4-16)30-11-7-18(8-12-30)28-25(33)22-23(27-10-9-26-22)29-24(32)17-5-6-19-20(14-17)35-15-34-19/h5-6,9-10,14,16,18H,1-4,7-8,11-13,15H2,(H,28,33)(H,27,29,32). The molecule has 2 fully saturated rings. The predicted molar refractivity (Wildman–Crippen MR) is 126 cm³/mol. The quantitative estimate of drug-likeness (QED) is 0.653. The number of anilines is 1. The van der Waals surface area contributed by atoms with E-state index in [2.05, 4.69) is 20.6 Å². The molecule has 35 heavy (non-hydrogen) atoms. The smallest absolute Gasteiger partial charge is 0.273 e. The maximum absolute atomic E-state index is 13.0. The van der Waals surface area contributed by atoms with Gasteiger partial charge in [-0.05, 0) is 49.8 Å². The van der Waals surface area contributed by atoms with Gasteiger partial charge < -0.3 is 25.0 Å². The fourth-order valence-corrected chi connectivity index (χ4v) is 4.93. The third-order valence-electron chi connectivity index (χ3n) is 6.90. The molecule has 10 nitrogen and oxygen atoms in total. The van der Waals surface area contributed by atoms with Gasteiger partial charge in [0, 0.05) is 43.5 Å². The zero-order valence-electron chi connectivity index (χ0n) is 19.5. The van der Waals surface area contributed by atoms with Crippen molar-refractivity contribution in [1.29, 1.82) is 0 Å². The van der Waals surface area contributed by atoms with Crippen LogP contribution in [-0.2, 0) is 4.79 Å². The zero-order chi connectivity index (χ0) is 24.2. The van der Waals surface area contributed by atoms with Crippen LogP contribution in [0, 0.1) is 5.92 Å². The number of fused-ring (bicyclic) bond motifs is 1. The molecular weight excluding hydrogens is 450 g/mol.